The second kappa shape index (κ2) is 4.64. The predicted molar refractivity (Wildman–Crippen MR) is 78.1 cm³/mol. The molecule has 3 aromatic rings. The molecule has 5 nitrogen and oxygen atoms in total. The molecule has 0 unspecified atom stereocenters. The lowest BCUT2D eigenvalue weighted by Gasteiger charge is -2.10. The number of sulfonamides is 1. The van der Waals surface area contributed by atoms with Crippen molar-refractivity contribution >= 4 is 26.5 Å². The van der Waals surface area contributed by atoms with Gasteiger partial charge in [0.05, 0.1) is 17.6 Å². The second-order valence-corrected chi connectivity index (χ2v) is 6.14. The van der Waals surface area contributed by atoms with E-state index in [1.54, 1.807) is 13.0 Å². The molecule has 0 bridgehead atoms. The Morgan fingerprint density at radius 2 is 1.85 bits per heavy atom. The molecule has 0 radical (unpaired) electrons. The predicted octanol–water partition coefficient (Wildman–Crippen LogP) is 2.67. The fourth-order valence-corrected chi connectivity index (χ4v) is 3.34. The van der Waals surface area contributed by atoms with Crippen LogP contribution < -0.4 is 4.72 Å². The molecule has 0 atom stereocenters. The number of aryl methyl sites for hydroxylation is 1. The molecule has 0 saturated carbocycles. The number of hydrogen-bond donors (Lipinski definition) is 2. The summed E-state index contributed by atoms with van der Waals surface area (Å²) in [6.07, 6.45) is 1.31. The molecule has 0 aliphatic rings. The van der Waals surface area contributed by atoms with Crippen LogP contribution in [-0.2, 0) is 10.0 Å². The summed E-state index contributed by atoms with van der Waals surface area (Å²) in [6.45, 7) is 1.67. The Labute approximate surface area is 116 Å². The van der Waals surface area contributed by atoms with Crippen LogP contribution in [0.25, 0.3) is 10.8 Å². The van der Waals surface area contributed by atoms with Crippen molar-refractivity contribution in [1.29, 1.82) is 0 Å². The third-order valence-corrected chi connectivity index (χ3v) is 4.59. The van der Waals surface area contributed by atoms with E-state index < -0.39 is 10.0 Å². The van der Waals surface area contributed by atoms with Crippen LogP contribution >= 0.6 is 0 Å². The van der Waals surface area contributed by atoms with Gasteiger partial charge in [-0.3, -0.25) is 9.82 Å². The normalized spacial score (nSPS) is 11.7. The molecule has 3 rings (SSSR count). The molecular formula is C14H13N3O2S. The maximum atomic E-state index is 12.4. The van der Waals surface area contributed by atoms with Crippen molar-refractivity contribution < 1.29 is 8.42 Å². The molecule has 102 valence electrons. The first kappa shape index (κ1) is 12.7. The number of rotatable bonds is 3. The highest BCUT2D eigenvalue weighted by molar-refractivity contribution is 7.92. The molecule has 0 aliphatic heterocycles. The molecule has 0 saturated heterocycles. The summed E-state index contributed by atoms with van der Waals surface area (Å²) >= 11 is 0. The maximum absolute atomic E-state index is 12.4. The monoisotopic (exact) mass is 287 g/mol. The Balaban J connectivity index is 2.08. The summed E-state index contributed by atoms with van der Waals surface area (Å²) in [5.74, 6) is 0. The zero-order valence-electron chi connectivity index (χ0n) is 10.8. The molecule has 1 heterocycles. The number of anilines is 1. The largest absolute Gasteiger partial charge is 0.281 e. The van der Waals surface area contributed by atoms with Crippen molar-refractivity contribution in [3.05, 3.63) is 54.4 Å². The lowest BCUT2D eigenvalue weighted by Crippen LogP contribution is -2.13. The van der Waals surface area contributed by atoms with E-state index >= 15 is 0 Å². The first-order valence-electron chi connectivity index (χ1n) is 6.08. The van der Waals surface area contributed by atoms with E-state index in [1.807, 2.05) is 36.4 Å². The van der Waals surface area contributed by atoms with Crippen molar-refractivity contribution in [3.8, 4) is 0 Å². The number of nitrogens with one attached hydrogen (secondary N) is 2. The van der Waals surface area contributed by atoms with E-state index in [-0.39, 0.29) is 4.90 Å². The van der Waals surface area contributed by atoms with Crippen LogP contribution in [0, 0.1) is 6.92 Å². The molecule has 0 fully saturated rings. The Morgan fingerprint density at radius 1 is 1.10 bits per heavy atom. The first-order chi connectivity index (χ1) is 9.58. The summed E-state index contributed by atoms with van der Waals surface area (Å²) < 4.78 is 27.3. The maximum Gasteiger partial charge on any atom is 0.265 e. The van der Waals surface area contributed by atoms with Gasteiger partial charge in [0.2, 0.25) is 0 Å². The Morgan fingerprint density at radius 3 is 2.60 bits per heavy atom. The molecule has 1 aromatic heterocycles. The summed E-state index contributed by atoms with van der Waals surface area (Å²) in [5.41, 5.74) is 1.07. The molecule has 0 aliphatic carbocycles. The zero-order chi connectivity index (χ0) is 14.2. The number of hydrogen-bond acceptors (Lipinski definition) is 3. The Hall–Kier alpha value is -2.34. The van der Waals surface area contributed by atoms with Crippen molar-refractivity contribution in [2.75, 3.05) is 4.72 Å². The fraction of sp³-hybridized carbons (Fsp3) is 0.0714. The minimum absolute atomic E-state index is 0.158. The molecule has 2 N–H and O–H groups in total. The van der Waals surface area contributed by atoms with Gasteiger partial charge in [0, 0.05) is 5.39 Å². The third kappa shape index (κ3) is 2.14. The van der Waals surface area contributed by atoms with Gasteiger partial charge in [-0.1, -0.05) is 36.4 Å². The summed E-state index contributed by atoms with van der Waals surface area (Å²) in [5, 5.41) is 8.22. The lowest BCUT2D eigenvalue weighted by atomic mass is 10.1. The van der Waals surface area contributed by atoms with Gasteiger partial charge in [-0.05, 0) is 18.4 Å². The van der Waals surface area contributed by atoms with Gasteiger partial charge in [-0.15, -0.1) is 0 Å². The van der Waals surface area contributed by atoms with Gasteiger partial charge < -0.3 is 0 Å². The topological polar surface area (TPSA) is 74.8 Å². The number of fused-ring (bicyclic) bond motifs is 1. The summed E-state index contributed by atoms with van der Waals surface area (Å²) in [6, 6.07) is 13.1. The fourth-order valence-electron chi connectivity index (χ4n) is 2.12. The lowest BCUT2D eigenvalue weighted by molar-refractivity contribution is 0.601. The van der Waals surface area contributed by atoms with Crippen molar-refractivity contribution in [2.24, 2.45) is 0 Å². The van der Waals surface area contributed by atoms with E-state index in [4.69, 9.17) is 0 Å². The van der Waals surface area contributed by atoms with Gasteiger partial charge in [0.25, 0.3) is 10.0 Å². The van der Waals surface area contributed by atoms with E-state index in [2.05, 4.69) is 14.9 Å². The van der Waals surface area contributed by atoms with Gasteiger partial charge >= 0.3 is 0 Å². The third-order valence-electron chi connectivity index (χ3n) is 3.11. The van der Waals surface area contributed by atoms with Gasteiger partial charge in [0.1, 0.15) is 4.90 Å². The molecular weight excluding hydrogens is 274 g/mol. The second-order valence-electron chi connectivity index (χ2n) is 4.49. The van der Waals surface area contributed by atoms with Crippen LogP contribution in [0.5, 0.6) is 0 Å². The van der Waals surface area contributed by atoms with Crippen molar-refractivity contribution in [2.45, 2.75) is 11.8 Å². The minimum atomic E-state index is -3.64. The number of aromatic nitrogens is 2. The smallest absolute Gasteiger partial charge is 0.265 e. The van der Waals surface area contributed by atoms with Crippen LogP contribution in [0.2, 0.25) is 0 Å². The van der Waals surface area contributed by atoms with E-state index in [9.17, 15) is 8.42 Å². The number of aromatic amines is 1. The minimum Gasteiger partial charge on any atom is -0.281 e. The van der Waals surface area contributed by atoms with E-state index in [0.717, 1.165) is 10.8 Å². The summed E-state index contributed by atoms with van der Waals surface area (Å²) in [7, 11) is -3.64. The van der Waals surface area contributed by atoms with Crippen LogP contribution in [0.4, 0.5) is 5.69 Å². The first-order valence-corrected chi connectivity index (χ1v) is 7.57. The number of nitrogens with zero attached hydrogens (tertiary/aromatic N) is 1. The van der Waals surface area contributed by atoms with Crippen molar-refractivity contribution in [1.82, 2.24) is 10.2 Å². The number of benzene rings is 2. The molecule has 0 spiro atoms. The Kier molecular flexibility index (Phi) is 2.94. The molecule has 6 heteroatoms. The van der Waals surface area contributed by atoms with Crippen LogP contribution in [0.15, 0.2) is 53.6 Å². The SMILES string of the molecule is Cc1[nH]ncc1S(=O)(=O)Nc1cccc2ccccc12. The summed E-state index contributed by atoms with van der Waals surface area (Å²) in [4.78, 5) is 0.158. The highest BCUT2D eigenvalue weighted by Crippen LogP contribution is 2.25. The average Bonchev–Trinajstić information content (AvgIpc) is 2.86. The quantitative estimate of drug-likeness (QED) is 0.777. The highest BCUT2D eigenvalue weighted by atomic mass is 32.2. The number of H-pyrrole nitrogens is 1. The van der Waals surface area contributed by atoms with Gasteiger partial charge in [-0.25, -0.2) is 8.42 Å². The van der Waals surface area contributed by atoms with Crippen molar-refractivity contribution in [3.63, 3.8) is 0 Å². The molecule has 2 aromatic carbocycles. The zero-order valence-corrected chi connectivity index (χ0v) is 11.6. The van der Waals surface area contributed by atoms with Gasteiger partial charge in [-0.2, -0.15) is 5.10 Å². The standard InChI is InChI=1S/C14H13N3O2S/c1-10-14(9-15-16-10)20(18,19)17-13-8-4-6-11-5-2-3-7-12(11)13/h2-9,17H,1H3,(H,15,16). The Bertz CT molecular complexity index is 864. The van der Waals surface area contributed by atoms with E-state index in [1.165, 1.54) is 6.20 Å². The highest BCUT2D eigenvalue weighted by Gasteiger charge is 2.19. The van der Waals surface area contributed by atoms with Crippen LogP contribution in [0.1, 0.15) is 5.69 Å². The van der Waals surface area contributed by atoms with Gasteiger partial charge in [0.15, 0.2) is 0 Å². The van der Waals surface area contributed by atoms with Crippen LogP contribution in [-0.4, -0.2) is 18.6 Å². The average molecular weight is 287 g/mol. The molecule has 0 amide bonds. The van der Waals surface area contributed by atoms with Crippen LogP contribution in [0.3, 0.4) is 0 Å². The van der Waals surface area contributed by atoms with E-state index in [0.29, 0.717) is 11.4 Å². The molecule has 20 heavy (non-hydrogen) atoms.